The summed E-state index contributed by atoms with van der Waals surface area (Å²) in [5.41, 5.74) is 6.74. The first-order chi connectivity index (χ1) is 17.0. The second kappa shape index (κ2) is 9.71. The van der Waals surface area contributed by atoms with E-state index in [2.05, 4.69) is 23.5 Å². The highest BCUT2D eigenvalue weighted by molar-refractivity contribution is 6.06. The Hall–Kier alpha value is -3.99. The van der Waals surface area contributed by atoms with Crippen molar-refractivity contribution >= 4 is 28.4 Å². The molecule has 1 aliphatic rings. The fourth-order valence-corrected chi connectivity index (χ4v) is 5.01. The summed E-state index contributed by atoms with van der Waals surface area (Å²) in [6, 6.07) is 23.8. The molecule has 0 unspecified atom stereocenters. The molecule has 2 heterocycles. The fraction of sp³-hybridized carbons (Fsp3) is 0.233. The molecule has 1 N–H and O–H groups in total. The molecule has 5 rings (SSSR count). The lowest BCUT2D eigenvalue weighted by atomic mass is 9.92. The van der Waals surface area contributed by atoms with Crippen LogP contribution in [0.15, 0.2) is 72.8 Å². The van der Waals surface area contributed by atoms with Crippen molar-refractivity contribution in [1.82, 2.24) is 9.88 Å². The van der Waals surface area contributed by atoms with Crippen LogP contribution in [-0.2, 0) is 11.2 Å². The molecular formula is C30H29N3O2. The number of benzene rings is 3. The standard InChI is InChI=1S/C30H29N3O2/c1-20-11-10-16-26(28(20)30(35)33-17-8-9-18-33)32-27(34)19-24-21(2)31-25-15-7-6-14-23(25)29(24)22-12-4-3-5-13-22/h3-7,10-16H,8-9,17-19H2,1-2H3,(H,32,34). The number of amides is 2. The molecule has 1 saturated heterocycles. The van der Waals surface area contributed by atoms with Gasteiger partial charge in [-0.05, 0) is 61.1 Å². The van der Waals surface area contributed by atoms with E-state index in [1.165, 1.54) is 0 Å². The first kappa shape index (κ1) is 22.8. The molecule has 1 aromatic heterocycles. The van der Waals surface area contributed by atoms with Crippen LogP contribution in [-0.4, -0.2) is 34.8 Å². The van der Waals surface area contributed by atoms with Crippen LogP contribution in [0.4, 0.5) is 5.69 Å². The summed E-state index contributed by atoms with van der Waals surface area (Å²) in [6.45, 7) is 5.41. The first-order valence-corrected chi connectivity index (χ1v) is 12.2. The largest absolute Gasteiger partial charge is 0.339 e. The van der Waals surface area contributed by atoms with Gasteiger partial charge >= 0.3 is 0 Å². The van der Waals surface area contributed by atoms with Crippen LogP contribution in [0, 0.1) is 13.8 Å². The minimum absolute atomic E-state index is 0.00979. The summed E-state index contributed by atoms with van der Waals surface area (Å²) in [7, 11) is 0. The summed E-state index contributed by atoms with van der Waals surface area (Å²) in [6.07, 6.45) is 2.21. The highest BCUT2D eigenvalue weighted by atomic mass is 16.2. The number of likely N-dealkylation sites (tertiary alicyclic amines) is 1. The van der Waals surface area contributed by atoms with E-state index in [0.717, 1.165) is 64.8 Å². The van der Waals surface area contributed by atoms with Crippen LogP contribution >= 0.6 is 0 Å². The molecule has 1 fully saturated rings. The maximum atomic E-state index is 13.4. The number of aryl methyl sites for hydroxylation is 2. The van der Waals surface area contributed by atoms with Gasteiger partial charge in [0.05, 0.1) is 23.2 Å². The Kier molecular flexibility index (Phi) is 6.32. The van der Waals surface area contributed by atoms with Gasteiger partial charge in [-0.15, -0.1) is 0 Å². The number of pyridine rings is 1. The lowest BCUT2D eigenvalue weighted by Gasteiger charge is -2.20. The second-order valence-corrected chi connectivity index (χ2v) is 9.16. The quantitative estimate of drug-likeness (QED) is 0.399. The van der Waals surface area contributed by atoms with Gasteiger partial charge in [0.2, 0.25) is 5.91 Å². The average Bonchev–Trinajstić information content (AvgIpc) is 3.40. The fourth-order valence-electron chi connectivity index (χ4n) is 5.01. The molecular weight excluding hydrogens is 434 g/mol. The van der Waals surface area contributed by atoms with Crippen molar-refractivity contribution in [2.75, 3.05) is 18.4 Å². The Bertz CT molecular complexity index is 1410. The molecule has 4 aromatic rings. The molecule has 5 heteroatoms. The highest BCUT2D eigenvalue weighted by Crippen LogP contribution is 2.33. The number of hydrogen-bond acceptors (Lipinski definition) is 3. The predicted octanol–water partition coefficient (Wildman–Crippen LogP) is 5.94. The third-order valence-corrected chi connectivity index (χ3v) is 6.75. The Morgan fingerprint density at radius 1 is 0.886 bits per heavy atom. The Morgan fingerprint density at radius 3 is 2.37 bits per heavy atom. The third kappa shape index (κ3) is 4.54. The maximum Gasteiger partial charge on any atom is 0.256 e. The zero-order valence-electron chi connectivity index (χ0n) is 20.2. The molecule has 0 atom stereocenters. The van der Waals surface area contributed by atoms with Gasteiger partial charge < -0.3 is 10.2 Å². The third-order valence-electron chi connectivity index (χ3n) is 6.75. The van der Waals surface area contributed by atoms with Crippen LogP contribution in [0.3, 0.4) is 0 Å². The van der Waals surface area contributed by atoms with Crippen LogP contribution < -0.4 is 5.32 Å². The summed E-state index contributed by atoms with van der Waals surface area (Å²) in [4.78, 5) is 33.3. The monoisotopic (exact) mass is 463 g/mol. The van der Waals surface area contributed by atoms with Crippen molar-refractivity contribution in [3.05, 3.63) is 95.2 Å². The number of fused-ring (bicyclic) bond motifs is 1. The van der Waals surface area contributed by atoms with Crippen molar-refractivity contribution in [3.63, 3.8) is 0 Å². The van der Waals surface area contributed by atoms with E-state index in [9.17, 15) is 9.59 Å². The van der Waals surface area contributed by atoms with E-state index < -0.39 is 0 Å². The highest BCUT2D eigenvalue weighted by Gasteiger charge is 2.25. The number of nitrogens with one attached hydrogen (secondary N) is 1. The predicted molar refractivity (Wildman–Crippen MR) is 141 cm³/mol. The van der Waals surface area contributed by atoms with Crippen LogP contribution in [0.2, 0.25) is 0 Å². The molecule has 0 bridgehead atoms. The minimum Gasteiger partial charge on any atom is -0.339 e. The smallest absolute Gasteiger partial charge is 0.256 e. The summed E-state index contributed by atoms with van der Waals surface area (Å²) in [5, 5.41) is 4.06. The van der Waals surface area contributed by atoms with Gasteiger partial charge in [0.15, 0.2) is 0 Å². The van der Waals surface area contributed by atoms with E-state index >= 15 is 0 Å². The second-order valence-electron chi connectivity index (χ2n) is 9.16. The van der Waals surface area contributed by atoms with Gasteiger partial charge in [-0.25, -0.2) is 0 Å². The molecule has 0 aliphatic carbocycles. The number of rotatable bonds is 5. The summed E-state index contributed by atoms with van der Waals surface area (Å²) in [5.74, 6) is -0.173. The van der Waals surface area contributed by atoms with E-state index in [4.69, 9.17) is 4.98 Å². The number of carbonyl (C=O) groups excluding carboxylic acids is 2. The van der Waals surface area contributed by atoms with Crippen LogP contribution in [0.25, 0.3) is 22.0 Å². The van der Waals surface area contributed by atoms with Gasteiger partial charge in [0.25, 0.3) is 5.91 Å². The van der Waals surface area contributed by atoms with E-state index in [0.29, 0.717) is 11.3 Å². The van der Waals surface area contributed by atoms with Crippen molar-refractivity contribution in [3.8, 4) is 11.1 Å². The van der Waals surface area contributed by atoms with Gasteiger partial charge in [-0.2, -0.15) is 0 Å². The maximum absolute atomic E-state index is 13.4. The first-order valence-electron chi connectivity index (χ1n) is 12.2. The average molecular weight is 464 g/mol. The van der Waals surface area contributed by atoms with Crippen LogP contribution in [0.5, 0.6) is 0 Å². The molecule has 1 aliphatic heterocycles. The number of para-hydroxylation sites is 1. The van der Waals surface area contributed by atoms with Gasteiger partial charge in [0, 0.05) is 24.2 Å². The van der Waals surface area contributed by atoms with Crippen molar-refractivity contribution in [2.24, 2.45) is 0 Å². The number of carbonyl (C=O) groups is 2. The summed E-state index contributed by atoms with van der Waals surface area (Å²) >= 11 is 0. The van der Waals surface area contributed by atoms with E-state index in [1.807, 2.05) is 73.3 Å². The molecule has 3 aromatic carbocycles. The molecule has 2 amide bonds. The molecule has 5 nitrogen and oxygen atoms in total. The van der Waals surface area contributed by atoms with Gasteiger partial charge in [-0.3, -0.25) is 14.6 Å². The molecule has 35 heavy (non-hydrogen) atoms. The molecule has 176 valence electrons. The zero-order valence-corrected chi connectivity index (χ0v) is 20.2. The van der Waals surface area contributed by atoms with E-state index in [-0.39, 0.29) is 18.2 Å². The topological polar surface area (TPSA) is 62.3 Å². The summed E-state index contributed by atoms with van der Waals surface area (Å²) < 4.78 is 0. The number of nitrogens with zero attached hydrogens (tertiary/aromatic N) is 2. The van der Waals surface area contributed by atoms with Gasteiger partial charge in [0.1, 0.15) is 0 Å². The van der Waals surface area contributed by atoms with Gasteiger partial charge in [-0.1, -0.05) is 60.7 Å². The normalized spacial score (nSPS) is 13.3. The van der Waals surface area contributed by atoms with E-state index in [1.54, 1.807) is 0 Å². The van der Waals surface area contributed by atoms with Crippen molar-refractivity contribution in [2.45, 2.75) is 33.1 Å². The Balaban J connectivity index is 1.51. The van der Waals surface area contributed by atoms with Crippen molar-refractivity contribution < 1.29 is 9.59 Å². The Labute approximate surface area is 205 Å². The minimum atomic E-state index is -0.163. The Morgan fingerprint density at radius 2 is 1.60 bits per heavy atom. The van der Waals surface area contributed by atoms with Crippen LogP contribution in [0.1, 0.15) is 40.0 Å². The zero-order chi connectivity index (χ0) is 24.4. The number of anilines is 1. The lowest BCUT2D eigenvalue weighted by Crippen LogP contribution is -2.29. The molecule has 0 saturated carbocycles. The SMILES string of the molecule is Cc1cccc(NC(=O)Cc2c(C)nc3ccccc3c2-c2ccccc2)c1C(=O)N1CCCC1. The number of aromatic nitrogens is 1. The molecule has 0 spiro atoms. The number of hydrogen-bond donors (Lipinski definition) is 1. The van der Waals surface area contributed by atoms with Crippen molar-refractivity contribution in [1.29, 1.82) is 0 Å². The lowest BCUT2D eigenvalue weighted by molar-refractivity contribution is -0.115. The molecule has 0 radical (unpaired) electrons.